The quantitative estimate of drug-likeness (QED) is 0.907. The van der Waals surface area contributed by atoms with Crippen LogP contribution in [0.25, 0.3) is 0 Å². The lowest BCUT2D eigenvalue weighted by atomic mass is 10.0. The van der Waals surface area contributed by atoms with E-state index in [0.29, 0.717) is 23.8 Å². The number of benzene rings is 2. The van der Waals surface area contributed by atoms with Gasteiger partial charge in [0, 0.05) is 7.05 Å². The van der Waals surface area contributed by atoms with Crippen LogP contribution >= 0.6 is 0 Å². The van der Waals surface area contributed by atoms with Crippen molar-refractivity contribution in [2.24, 2.45) is 0 Å². The number of carbonyl (C=O) groups is 1. The fourth-order valence-corrected chi connectivity index (χ4v) is 2.07. The summed E-state index contributed by atoms with van der Waals surface area (Å²) >= 11 is 0. The molecule has 0 saturated heterocycles. The first-order valence-corrected chi connectivity index (χ1v) is 7.14. The summed E-state index contributed by atoms with van der Waals surface area (Å²) in [6, 6.07) is 15.6. The van der Waals surface area contributed by atoms with Crippen molar-refractivity contribution in [3.8, 4) is 5.75 Å². The summed E-state index contributed by atoms with van der Waals surface area (Å²) in [6.45, 7) is 4.79. The third-order valence-corrected chi connectivity index (χ3v) is 3.40. The van der Waals surface area contributed by atoms with Crippen molar-refractivity contribution in [1.29, 1.82) is 0 Å². The number of hydrogen-bond acceptors (Lipinski definition) is 2. The van der Waals surface area contributed by atoms with Crippen molar-refractivity contribution in [1.82, 2.24) is 5.32 Å². The molecule has 0 heterocycles. The van der Waals surface area contributed by atoms with Gasteiger partial charge in [-0.05, 0) is 29.2 Å². The fraction of sp³-hybridized carbons (Fsp3) is 0.278. The number of carbonyl (C=O) groups excluding carboxylic acids is 1. The highest BCUT2D eigenvalue weighted by Gasteiger charge is 2.10. The maximum atomic E-state index is 11.8. The number of ether oxygens (including phenoxy) is 1. The summed E-state index contributed by atoms with van der Waals surface area (Å²) in [5, 5.41) is 2.62. The predicted octanol–water partition coefficient (Wildman–Crippen LogP) is 3.75. The zero-order chi connectivity index (χ0) is 15.2. The molecule has 2 rings (SSSR count). The highest BCUT2D eigenvalue weighted by Crippen LogP contribution is 2.20. The minimum Gasteiger partial charge on any atom is -0.488 e. The van der Waals surface area contributed by atoms with Crippen LogP contribution in [-0.2, 0) is 6.61 Å². The highest BCUT2D eigenvalue weighted by molar-refractivity contribution is 5.96. The molecule has 1 amide bonds. The standard InChI is InChI=1S/C18H21NO2/c1-13(2)15-10-8-14(9-11-15)12-21-17-7-5-4-6-16(17)18(20)19-3/h4-11,13H,12H2,1-3H3,(H,19,20). The van der Waals surface area contributed by atoms with Crippen LogP contribution in [-0.4, -0.2) is 13.0 Å². The molecule has 0 fully saturated rings. The Morgan fingerprint density at radius 2 is 1.76 bits per heavy atom. The van der Waals surface area contributed by atoms with E-state index in [4.69, 9.17) is 4.74 Å². The SMILES string of the molecule is CNC(=O)c1ccccc1OCc1ccc(C(C)C)cc1. The van der Waals surface area contributed by atoms with Crippen LogP contribution in [0, 0.1) is 0 Å². The summed E-state index contributed by atoms with van der Waals surface area (Å²) in [5.74, 6) is 0.986. The van der Waals surface area contributed by atoms with Crippen LogP contribution in [0.2, 0.25) is 0 Å². The van der Waals surface area contributed by atoms with Crippen LogP contribution in [0.5, 0.6) is 5.75 Å². The lowest BCUT2D eigenvalue weighted by Gasteiger charge is -2.11. The van der Waals surface area contributed by atoms with E-state index in [1.54, 1.807) is 13.1 Å². The molecule has 0 unspecified atom stereocenters. The summed E-state index contributed by atoms with van der Waals surface area (Å²) in [7, 11) is 1.61. The van der Waals surface area contributed by atoms with Gasteiger partial charge in [-0.25, -0.2) is 0 Å². The van der Waals surface area contributed by atoms with E-state index >= 15 is 0 Å². The number of hydrogen-bond donors (Lipinski definition) is 1. The lowest BCUT2D eigenvalue weighted by molar-refractivity contribution is 0.0958. The normalized spacial score (nSPS) is 10.5. The molecule has 0 aliphatic rings. The third-order valence-electron chi connectivity index (χ3n) is 3.40. The zero-order valence-corrected chi connectivity index (χ0v) is 12.7. The molecule has 0 aliphatic heterocycles. The zero-order valence-electron chi connectivity index (χ0n) is 12.7. The smallest absolute Gasteiger partial charge is 0.254 e. The Labute approximate surface area is 126 Å². The fourth-order valence-electron chi connectivity index (χ4n) is 2.07. The third kappa shape index (κ3) is 3.85. The van der Waals surface area contributed by atoms with Crippen LogP contribution in [0.4, 0.5) is 0 Å². The van der Waals surface area contributed by atoms with Crippen molar-refractivity contribution in [2.45, 2.75) is 26.4 Å². The molecule has 0 atom stereocenters. The van der Waals surface area contributed by atoms with Crippen LogP contribution in [0.3, 0.4) is 0 Å². The van der Waals surface area contributed by atoms with E-state index in [0.717, 1.165) is 5.56 Å². The Bertz CT molecular complexity index is 603. The molecule has 21 heavy (non-hydrogen) atoms. The molecule has 0 spiro atoms. The number of rotatable bonds is 5. The van der Waals surface area contributed by atoms with Crippen molar-refractivity contribution in [3.05, 3.63) is 65.2 Å². The van der Waals surface area contributed by atoms with Gasteiger partial charge in [0.05, 0.1) is 5.56 Å². The molecular formula is C18H21NO2. The average Bonchev–Trinajstić information content (AvgIpc) is 2.52. The first-order valence-electron chi connectivity index (χ1n) is 7.14. The van der Waals surface area contributed by atoms with E-state index in [2.05, 4.69) is 43.4 Å². The van der Waals surface area contributed by atoms with Gasteiger partial charge >= 0.3 is 0 Å². The molecule has 1 N–H and O–H groups in total. The molecule has 110 valence electrons. The Morgan fingerprint density at radius 3 is 2.38 bits per heavy atom. The van der Waals surface area contributed by atoms with Gasteiger partial charge in [-0.3, -0.25) is 4.79 Å². The molecule has 0 aromatic heterocycles. The van der Waals surface area contributed by atoms with Gasteiger partial charge in [0.1, 0.15) is 12.4 Å². The van der Waals surface area contributed by atoms with Crippen molar-refractivity contribution in [3.63, 3.8) is 0 Å². The molecule has 2 aromatic rings. The second kappa shape index (κ2) is 6.93. The minimum absolute atomic E-state index is 0.138. The van der Waals surface area contributed by atoms with Gasteiger partial charge in [0.25, 0.3) is 5.91 Å². The van der Waals surface area contributed by atoms with E-state index in [-0.39, 0.29) is 5.91 Å². The van der Waals surface area contributed by atoms with Crippen LogP contribution in [0.1, 0.15) is 41.3 Å². The molecule has 0 aliphatic carbocycles. The van der Waals surface area contributed by atoms with Gasteiger partial charge in [0.2, 0.25) is 0 Å². The van der Waals surface area contributed by atoms with E-state index in [1.807, 2.05) is 18.2 Å². The summed E-state index contributed by atoms with van der Waals surface area (Å²) in [5.41, 5.74) is 2.95. The Balaban J connectivity index is 2.08. The van der Waals surface area contributed by atoms with Crippen LogP contribution in [0.15, 0.2) is 48.5 Å². The predicted molar refractivity (Wildman–Crippen MR) is 84.7 cm³/mol. The van der Waals surface area contributed by atoms with Gasteiger partial charge in [0.15, 0.2) is 0 Å². The first kappa shape index (κ1) is 15.1. The second-order valence-corrected chi connectivity index (χ2v) is 5.26. The number of nitrogens with one attached hydrogen (secondary N) is 1. The molecule has 0 radical (unpaired) electrons. The van der Waals surface area contributed by atoms with Gasteiger partial charge < -0.3 is 10.1 Å². The second-order valence-electron chi connectivity index (χ2n) is 5.26. The minimum atomic E-state index is -0.138. The van der Waals surface area contributed by atoms with Gasteiger partial charge in [-0.15, -0.1) is 0 Å². The van der Waals surface area contributed by atoms with Gasteiger partial charge in [-0.1, -0.05) is 50.2 Å². The molecule has 3 nitrogen and oxygen atoms in total. The van der Waals surface area contributed by atoms with E-state index in [1.165, 1.54) is 5.56 Å². The summed E-state index contributed by atoms with van der Waals surface area (Å²) in [6.07, 6.45) is 0. The van der Waals surface area contributed by atoms with E-state index in [9.17, 15) is 4.79 Å². The van der Waals surface area contributed by atoms with Crippen molar-refractivity contribution < 1.29 is 9.53 Å². The first-order chi connectivity index (χ1) is 10.1. The van der Waals surface area contributed by atoms with Crippen molar-refractivity contribution in [2.75, 3.05) is 7.05 Å². The molecular weight excluding hydrogens is 262 g/mol. The van der Waals surface area contributed by atoms with Crippen molar-refractivity contribution >= 4 is 5.91 Å². The largest absolute Gasteiger partial charge is 0.488 e. The summed E-state index contributed by atoms with van der Waals surface area (Å²) in [4.78, 5) is 11.8. The topological polar surface area (TPSA) is 38.3 Å². The highest BCUT2D eigenvalue weighted by atomic mass is 16.5. The molecule has 3 heteroatoms. The number of amides is 1. The lowest BCUT2D eigenvalue weighted by Crippen LogP contribution is -2.18. The van der Waals surface area contributed by atoms with Gasteiger partial charge in [-0.2, -0.15) is 0 Å². The Kier molecular flexibility index (Phi) is 4.99. The van der Waals surface area contributed by atoms with E-state index < -0.39 is 0 Å². The molecule has 0 bridgehead atoms. The number of para-hydroxylation sites is 1. The monoisotopic (exact) mass is 283 g/mol. The molecule has 0 saturated carbocycles. The maximum absolute atomic E-state index is 11.8. The average molecular weight is 283 g/mol. The maximum Gasteiger partial charge on any atom is 0.254 e. The van der Waals surface area contributed by atoms with Crippen LogP contribution < -0.4 is 10.1 Å². The molecule has 2 aromatic carbocycles. The Hall–Kier alpha value is -2.29. The Morgan fingerprint density at radius 1 is 1.10 bits per heavy atom. The summed E-state index contributed by atoms with van der Waals surface area (Å²) < 4.78 is 5.79.